The fourth-order valence-electron chi connectivity index (χ4n) is 5.33. The minimum Gasteiger partial charge on any atom is -0.497 e. The Morgan fingerprint density at radius 3 is 2.62 bits per heavy atom. The first-order chi connectivity index (χ1) is 16.4. The van der Waals surface area contributed by atoms with Crippen LogP contribution in [0.15, 0.2) is 42.5 Å². The van der Waals surface area contributed by atoms with Gasteiger partial charge in [-0.1, -0.05) is 29.8 Å². The Labute approximate surface area is 199 Å². The molecule has 3 heterocycles. The van der Waals surface area contributed by atoms with Gasteiger partial charge >= 0.3 is 6.03 Å². The average molecular weight is 466 g/mol. The van der Waals surface area contributed by atoms with Gasteiger partial charge in [0.1, 0.15) is 30.0 Å². The number of hydrogen-bond acceptors (Lipinski definition) is 7. The molecule has 3 aliphatic rings. The van der Waals surface area contributed by atoms with Crippen molar-refractivity contribution in [2.75, 3.05) is 39.3 Å². The van der Waals surface area contributed by atoms with Gasteiger partial charge in [0.15, 0.2) is 0 Å². The maximum Gasteiger partial charge on any atom is 0.328 e. The van der Waals surface area contributed by atoms with E-state index >= 15 is 0 Å². The van der Waals surface area contributed by atoms with Gasteiger partial charge in [0.05, 0.1) is 26.5 Å². The van der Waals surface area contributed by atoms with Gasteiger partial charge in [-0.05, 0) is 31.0 Å². The van der Waals surface area contributed by atoms with Crippen LogP contribution in [0.3, 0.4) is 0 Å². The summed E-state index contributed by atoms with van der Waals surface area (Å²) in [4.78, 5) is 34.3. The van der Waals surface area contributed by atoms with Crippen molar-refractivity contribution in [1.82, 2.24) is 20.0 Å². The maximum atomic E-state index is 13.7. The Kier molecular flexibility index (Phi) is 5.83. The molecule has 3 atom stereocenters. The molecule has 3 amide bonds. The van der Waals surface area contributed by atoms with Gasteiger partial charge < -0.3 is 19.3 Å². The summed E-state index contributed by atoms with van der Waals surface area (Å²) in [5.74, 6) is 1.26. The molecule has 34 heavy (non-hydrogen) atoms. The third kappa shape index (κ3) is 3.65. The second-order valence-corrected chi connectivity index (χ2v) is 9.06. The zero-order chi connectivity index (χ0) is 24.0. The van der Waals surface area contributed by atoms with Crippen LogP contribution in [-0.4, -0.2) is 79.5 Å². The summed E-state index contributed by atoms with van der Waals surface area (Å²) in [7, 11) is 5.03. The van der Waals surface area contributed by atoms with Crippen LogP contribution in [0.2, 0.25) is 0 Å². The number of rotatable bonds is 5. The summed E-state index contributed by atoms with van der Waals surface area (Å²) in [6.07, 6.45) is 0.257. The Balaban J connectivity index is 1.44. The highest BCUT2D eigenvalue weighted by Crippen LogP contribution is 2.38. The number of carbonyl (C=O) groups is 2. The number of anilines is 1. The highest BCUT2D eigenvalue weighted by molar-refractivity contribution is 6.00. The van der Waals surface area contributed by atoms with Crippen molar-refractivity contribution in [1.29, 1.82) is 0 Å². The van der Waals surface area contributed by atoms with Crippen molar-refractivity contribution >= 4 is 17.6 Å². The topological polar surface area (TPSA) is 77.6 Å². The highest BCUT2D eigenvalue weighted by atomic mass is 16.5. The van der Waals surface area contributed by atoms with E-state index in [-0.39, 0.29) is 24.8 Å². The largest absolute Gasteiger partial charge is 0.497 e. The van der Waals surface area contributed by atoms with Crippen LogP contribution >= 0.6 is 0 Å². The van der Waals surface area contributed by atoms with Gasteiger partial charge in [0, 0.05) is 26.2 Å². The molecule has 5 rings (SSSR count). The fraction of sp³-hybridized carbons (Fsp3) is 0.440. The summed E-state index contributed by atoms with van der Waals surface area (Å²) in [5, 5.41) is 3.55. The second-order valence-electron chi connectivity index (χ2n) is 9.06. The van der Waals surface area contributed by atoms with Crippen molar-refractivity contribution in [2.45, 2.75) is 38.4 Å². The summed E-state index contributed by atoms with van der Waals surface area (Å²) in [5.41, 5.74) is 2.96. The fourth-order valence-corrected chi connectivity index (χ4v) is 5.33. The van der Waals surface area contributed by atoms with Gasteiger partial charge in [0.2, 0.25) is 0 Å². The summed E-state index contributed by atoms with van der Waals surface area (Å²) in [6.45, 7) is 3.84. The number of hydrogen-bond donors (Lipinski definition) is 1. The molecule has 0 spiro atoms. The number of nitrogens with zero attached hydrogens (tertiary/aromatic N) is 4. The summed E-state index contributed by atoms with van der Waals surface area (Å²) >= 11 is 0. The Morgan fingerprint density at radius 2 is 1.88 bits per heavy atom. The number of aryl methyl sites for hydroxylation is 1. The normalized spacial score (nSPS) is 24.8. The first kappa shape index (κ1) is 22.5. The lowest BCUT2D eigenvalue weighted by Gasteiger charge is -2.44. The van der Waals surface area contributed by atoms with E-state index in [1.54, 1.807) is 26.2 Å². The average Bonchev–Trinajstić information content (AvgIpc) is 3.25. The van der Waals surface area contributed by atoms with Crippen molar-refractivity contribution < 1.29 is 19.1 Å². The van der Waals surface area contributed by atoms with E-state index in [0.717, 1.165) is 42.1 Å². The van der Waals surface area contributed by atoms with Gasteiger partial charge in [-0.15, -0.1) is 0 Å². The van der Waals surface area contributed by atoms with Crippen LogP contribution in [0.5, 0.6) is 11.5 Å². The van der Waals surface area contributed by atoms with E-state index in [2.05, 4.69) is 15.1 Å². The summed E-state index contributed by atoms with van der Waals surface area (Å²) in [6, 6.07) is 12.9. The first-order valence-electron chi connectivity index (χ1n) is 11.6. The number of likely N-dealkylation sites (N-methyl/N-ethyl adjacent to an activating group) is 1. The molecule has 0 radical (unpaired) electrons. The molecule has 3 aliphatic heterocycles. The molecule has 9 heteroatoms. The van der Waals surface area contributed by atoms with Gasteiger partial charge in [0.25, 0.3) is 5.91 Å². The zero-order valence-corrected chi connectivity index (χ0v) is 20.0. The molecule has 9 nitrogen and oxygen atoms in total. The molecule has 3 saturated heterocycles. The monoisotopic (exact) mass is 465 g/mol. The molecule has 2 aromatic rings. The number of nitrogens with one attached hydrogen (secondary N) is 1. The molecule has 0 aliphatic carbocycles. The van der Waals surface area contributed by atoms with E-state index in [4.69, 9.17) is 9.47 Å². The molecule has 3 fully saturated rings. The number of benzene rings is 2. The standard InChI is InChI=1S/C25H31N5O4/c1-16-7-5-8-17(13-16)15-30-23(31)21-22(27(2)25(30)32)26-24-28(11-6-12-29(21)24)19-10-9-18(33-3)14-20(19)34-4/h5,7-10,13-14,21-22,24,26H,6,11-12,15H2,1-4H3. The zero-order valence-electron chi connectivity index (χ0n) is 20.0. The number of amides is 3. The minimum atomic E-state index is -0.454. The third-order valence-electron chi connectivity index (χ3n) is 6.99. The van der Waals surface area contributed by atoms with Crippen LogP contribution in [0.1, 0.15) is 17.5 Å². The molecule has 0 bridgehead atoms. The van der Waals surface area contributed by atoms with E-state index in [1.165, 1.54) is 4.90 Å². The highest BCUT2D eigenvalue weighted by Gasteiger charge is 2.56. The molecule has 180 valence electrons. The van der Waals surface area contributed by atoms with Crippen molar-refractivity contribution in [3.8, 4) is 11.5 Å². The predicted molar refractivity (Wildman–Crippen MR) is 128 cm³/mol. The number of urea groups is 1. The second kappa shape index (κ2) is 8.81. The molecule has 2 aromatic carbocycles. The van der Waals surface area contributed by atoms with E-state index in [0.29, 0.717) is 5.75 Å². The van der Waals surface area contributed by atoms with Crippen LogP contribution in [0.4, 0.5) is 10.5 Å². The first-order valence-corrected chi connectivity index (χ1v) is 11.6. The molecular weight excluding hydrogens is 434 g/mol. The van der Waals surface area contributed by atoms with Gasteiger partial charge in [-0.3, -0.25) is 19.9 Å². The quantitative estimate of drug-likeness (QED) is 0.725. The third-order valence-corrected chi connectivity index (χ3v) is 6.99. The van der Waals surface area contributed by atoms with Crippen molar-refractivity contribution in [2.24, 2.45) is 0 Å². The SMILES string of the molecule is COc1ccc(N2CCCN3C4C(=O)N(Cc5cccc(C)c5)C(=O)N(C)C4NC23)c(OC)c1. The number of imide groups is 1. The van der Waals surface area contributed by atoms with E-state index in [9.17, 15) is 9.59 Å². The Hall–Kier alpha value is -3.30. The molecule has 3 unspecified atom stereocenters. The van der Waals surface area contributed by atoms with Crippen molar-refractivity contribution in [3.63, 3.8) is 0 Å². The lowest BCUT2D eigenvalue weighted by Crippen LogP contribution is -2.66. The molecule has 0 aromatic heterocycles. The van der Waals surface area contributed by atoms with Crippen LogP contribution < -0.4 is 19.7 Å². The molecule has 0 saturated carbocycles. The van der Waals surface area contributed by atoms with Crippen molar-refractivity contribution in [3.05, 3.63) is 53.6 Å². The smallest absolute Gasteiger partial charge is 0.328 e. The number of ether oxygens (including phenoxy) is 2. The number of fused-ring (bicyclic) bond motifs is 3. The van der Waals surface area contributed by atoms with Gasteiger partial charge in [-0.2, -0.15) is 0 Å². The van der Waals surface area contributed by atoms with E-state index < -0.39 is 12.2 Å². The molecule has 1 N–H and O–H groups in total. The maximum absolute atomic E-state index is 13.7. The lowest BCUT2D eigenvalue weighted by atomic mass is 10.1. The lowest BCUT2D eigenvalue weighted by molar-refractivity contribution is -0.139. The Bertz CT molecular complexity index is 1110. The minimum absolute atomic E-state index is 0.159. The molecular formula is C25H31N5O4. The predicted octanol–water partition coefficient (Wildman–Crippen LogP) is 2.20. The number of methoxy groups -OCH3 is 2. The Morgan fingerprint density at radius 1 is 1.06 bits per heavy atom. The summed E-state index contributed by atoms with van der Waals surface area (Å²) < 4.78 is 11.0. The van der Waals surface area contributed by atoms with E-state index in [1.807, 2.05) is 49.4 Å². The van der Waals surface area contributed by atoms with Crippen LogP contribution in [-0.2, 0) is 11.3 Å². The van der Waals surface area contributed by atoms with Gasteiger partial charge in [-0.25, -0.2) is 4.79 Å². The van der Waals surface area contributed by atoms with Crippen LogP contribution in [0.25, 0.3) is 0 Å². The van der Waals surface area contributed by atoms with Crippen LogP contribution in [0, 0.1) is 6.92 Å². The number of carbonyl (C=O) groups excluding carboxylic acids is 2.